The molecule has 2 saturated heterocycles. The van der Waals surface area contributed by atoms with Crippen LogP contribution in [-0.2, 0) is 11.3 Å². The lowest BCUT2D eigenvalue weighted by Gasteiger charge is -2.20. The molecule has 1 aromatic heterocycles. The topological polar surface area (TPSA) is 70.6 Å². The SMILES string of the molecule is CNC(=O)[C@@H]1CN(Cc2ccc(C)cc2OC)C[C@H]1c1ccnc(N2CCCC2)n1. The highest BCUT2D eigenvalue weighted by Gasteiger charge is 2.39. The maximum absolute atomic E-state index is 12.7. The molecule has 2 fully saturated rings. The van der Waals surface area contributed by atoms with E-state index in [-0.39, 0.29) is 17.7 Å². The number of nitrogens with zero attached hydrogens (tertiary/aromatic N) is 4. The van der Waals surface area contributed by atoms with E-state index in [1.165, 1.54) is 18.4 Å². The van der Waals surface area contributed by atoms with Gasteiger partial charge in [0.1, 0.15) is 5.75 Å². The lowest BCUT2D eigenvalue weighted by Crippen LogP contribution is -2.32. The van der Waals surface area contributed by atoms with E-state index >= 15 is 0 Å². The number of nitrogens with one attached hydrogen (secondary N) is 1. The van der Waals surface area contributed by atoms with E-state index < -0.39 is 0 Å². The number of carbonyl (C=O) groups excluding carboxylic acids is 1. The minimum atomic E-state index is -0.132. The van der Waals surface area contributed by atoms with Gasteiger partial charge in [-0.1, -0.05) is 12.1 Å². The number of rotatable bonds is 6. The van der Waals surface area contributed by atoms with Crippen molar-refractivity contribution in [1.29, 1.82) is 0 Å². The molecule has 1 aromatic carbocycles. The summed E-state index contributed by atoms with van der Waals surface area (Å²) < 4.78 is 5.58. The normalized spacial score (nSPS) is 21.8. The number of benzene rings is 1. The van der Waals surface area contributed by atoms with Crippen LogP contribution in [0.5, 0.6) is 5.75 Å². The van der Waals surface area contributed by atoms with Gasteiger partial charge in [-0.25, -0.2) is 9.97 Å². The fourth-order valence-corrected chi connectivity index (χ4v) is 4.63. The first-order valence-corrected chi connectivity index (χ1v) is 10.7. The molecule has 0 saturated carbocycles. The number of methoxy groups -OCH3 is 1. The molecule has 0 bridgehead atoms. The Bertz CT molecular complexity index is 897. The molecule has 2 aliphatic heterocycles. The standard InChI is InChI=1S/C23H31N5O2/c1-16-6-7-17(21(12-16)30-3)13-27-14-18(19(15-27)22(29)24-2)20-8-9-25-23(26-20)28-10-4-5-11-28/h6-9,12,18-19H,4-5,10-11,13-15H2,1-3H3,(H,24,29)/t18-,19-/m1/s1. The van der Waals surface area contributed by atoms with Crippen molar-refractivity contribution in [3.8, 4) is 5.75 Å². The molecular formula is C23H31N5O2. The molecule has 0 aliphatic carbocycles. The van der Waals surface area contributed by atoms with Crippen molar-refractivity contribution < 1.29 is 9.53 Å². The summed E-state index contributed by atoms with van der Waals surface area (Å²) in [6.45, 7) is 6.30. The number of ether oxygens (including phenoxy) is 1. The lowest BCUT2D eigenvalue weighted by atomic mass is 9.92. The van der Waals surface area contributed by atoms with Crippen LogP contribution in [0.2, 0.25) is 0 Å². The van der Waals surface area contributed by atoms with Gasteiger partial charge < -0.3 is 15.0 Å². The monoisotopic (exact) mass is 409 g/mol. The van der Waals surface area contributed by atoms with Crippen LogP contribution in [0.3, 0.4) is 0 Å². The van der Waals surface area contributed by atoms with Crippen LogP contribution in [0.25, 0.3) is 0 Å². The summed E-state index contributed by atoms with van der Waals surface area (Å²) in [5.74, 6) is 1.67. The van der Waals surface area contributed by atoms with Gasteiger partial charge >= 0.3 is 0 Å². The first kappa shape index (κ1) is 20.6. The summed E-state index contributed by atoms with van der Waals surface area (Å²) in [4.78, 5) is 26.6. The lowest BCUT2D eigenvalue weighted by molar-refractivity contribution is -0.124. The molecule has 3 heterocycles. The predicted octanol–water partition coefficient (Wildman–Crippen LogP) is 2.36. The average Bonchev–Trinajstić information content (AvgIpc) is 3.45. The van der Waals surface area contributed by atoms with E-state index in [9.17, 15) is 4.79 Å². The Labute approximate surface area is 178 Å². The van der Waals surface area contributed by atoms with Gasteiger partial charge in [0, 0.05) is 57.4 Å². The third-order valence-corrected chi connectivity index (χ3v) is 6.25. The second-order valence-corrected chi connectivity index (χ2v) is 8.31. The van der Waals surface area contributed by atoms with Crippen molar-refractivity contribution in [2.45, 2.75) is 32.2 Å². The van der Waals surface area contributed by atoms with Crippen molar-refractivity contribution >= 4 is 11.9 Å². The van der Waals surface area contributed by atoms with Gasteiger partial charge in [0.05, 0.1) is 18.7 Å². The number of carbonyl (C=O) groups is 1. The highest BCUT2D eigenvalue weighted by atomic mass is 16.5. The Morgan fingerprint density at radius 3 is 2.77 bits per heavy atom. The van der Waals surface area contributed by atoms with Crippen LogP contribution in [-0.4, -0.2) is 61.1 Å². The Morgan fingerprint density at radius 2 is 2.03 bits per heavy atom. The van der Waals surface area contributed by atoms with Crippen molar-refractivity contribution in [2.24, 2.45) is 5.92 Å². The number of likely N-dealkylation sites (tertiary alicyclic amines) is 1. The summed E-state index contributed by atoms with van der Waals surface area (Å²) in [5.41, 5.74) is 3.27. The van der Waals surface area contributed by atoms with Gasteiger partial charge in [-0.15, -0.1) is 0 Å². The fourth-order valence-electron chi connectivity index (χ4n) is 4.63. The molecule has 7 nitrogen and oxygen atoms in total. The van der Waals surface area contributed by atoms with E-state index in [1.54, 1.807) is 14.2 Å². The largest absolute Gasteiger partial charge is 0.496 e. The zero-order chi connectivity index (χ0) is 21.1. The molecule has 1 N–H and O–H groups in total. The van der Waals surface area contributed by atoms with E-state index in [0.29, 0.717) is 6.54 Å². The molecule has 30 heavy (non-hydrogen) atoms. The van der Waals surface area contributed by atoms with Gasteiger partial charge in [0.15, 0.2) is 0 Å². The molecule has 0 spiro atoms. The number of hydrogen-bond acceptors (Lipinski definition) is 6. The van der Waals surface area contributed by atoms with Crippen molar-refractivity contribution in [3.63, 3.8) is 0 Å². The highest BCUT2D eigenvalue weighted by molar-refractivity contribution is 5.80. The molecule has 7 heteroatoms. The number of aromatic nitrogens is 2. The average molecular weight is 410 g/mol. The molecule has 0 unspecified atom stereocenters. The third kappa shape index (κ3) is 4.26. The van der Waals surface area contributed by atoms with E-state index in [1.807, 2.05) is 12.3 Å². The Balaban J connectivity index is 1.56. The van der Waals surface area contributed by atoms with E-state index in [2.05, 4.69) is 45.2 Å². The summed E-state index contributed by atoms with van der Waals surface area (Å²) in [6.07, 6.45) is 4.21. The molecule has 2 atom stereocenters. The number of amides is 1. The predicted molar refractivity (Wildman–Crippen MR) is 117 cm³/mol. The smallest absolute Gasteiger partial charge is 0.225 e. The van der Waals surface area contributed by atoms with Crippen LogP contribution < -0.4 is 15.0 Å². The molecule has 0 radical (unpaired) electrons. The maximum atomic E-state index is 12.7. The van der Waals surface area contributed by atoms with Gasteiger partial charge in [-0.2, -0.15) is 0 Å². The quantitative estimate of drug-likeness (QED) is 0.790. The van der Waals surface area contributed by atoms with Crippen LogP contribution in [0.1, 0.15) is 35.6 Å². The van der Waals surface area contributed by atoms with Crippen molar-refractivity contribution in [2.75, 3.05) is 45.2 Å². The minimum Gasteiger partial charge on any atom is -0.496 e. The maximum Gasteiger partial charge on any atom is 0.225 e. The molecular weight excluding hydrogens is 378 g/mol. The van der Waals surface area contributed by atoms with Crippen LogP contribution in [0, 0.1) is 12.8 Å². The Morgan fingerprint density at radius 1 is 1.23 bits per heavy atom. The summed E-state index contributed by atoms with van der Waals surface area (Å²) in [6, 6.07) is 8.25. The van der Waals surface area contributed by atoms with Gasteiger partial charge in [0.25, 0.3) is 0 Å². The molecule has 1 amide bonds. The summed E-state index contributed by atoms with van der Waals surface area (Å²) in [5, 5.41) is 2.85. The van der Waals surface area contributed by atoms with Crippen LogP contribution in [0.15, 0.2) is 30.5 Å². The van der Waals surface area contributed by atoms with Gasteiger partial charge in [0.2, 0.25) is 11.9 Å². The summed E-state index contributed by atoms with van der Waals surface area (Å²) >= 11 is 0. The number of aryl methyl sites for hydroxylation is 1. The van der Waals surface area contributed by atoms with Crippen molar-refractivity contribution in [3.05, 3.63) is 47.3 Å². The zero-order valence-electron chi connectivity index (χ0n) is 18.1. The number of hydrogen-bond donors (Lipinski definition) is 1. The molecule has 2 aromatic rings. The second kappa shape index (κ2) is 9.00. The molecule has 2 aliphatic rings. The van der Waals surface area contributed by atoms with Gasteiger partial charge in [-0.3, -0.25) is 9.69 Å². The van der Waals surface area contributed by atoms with Crippen LogP contribution >= 0.6 is 0 Å². The fraction of sp³-hybridized carbons (Fsp3) is 0.522. The van der Waals surface area contributed by atoms with E-state index in [4.69, 9.17) is 9.72 Å². The van der Waals surface area contributed by atoms with Crippen molar-refractivity contribution in [1.82, 2.24) is 20.2 Å². The Kier molecular flexibility index (Phi) is 6.18. The minimum absolute atomic E-state index is 0.0470. The first-order valence-electron chi connectivity index (χ1n) is 10.7. The first-order chi connectivity index (χ1) is 14.6. The zero-order valence-corrected chi connectivity index (χ0v) is 18.1. The van der Waals surface area contributed by atoms with Crippen LogP contribution in [0.4, 0.5) is 5.95 Å². The third-order valence-electron chi connectivity index (χ3n) is 6.25. The highest BCUT2D eigenvalue weighted by Crippen LogP contribution is 2.34. The number of anilines is 1. The second-order valence-electron chi connectivity index (χ2n) is 8.31. The Hall–Kier alpha value is -2.67. The molecule has 160 valence electrons. The summed E-state index contributed by atoms with van der Waals surface area (Å²) in [7, 11) is 3.42. The van der Waals surface area contributed by atoms with E-state index in [0.717, 1.165) is 49.1 Å². The van der Waals surface area contributed by atoms with Gasteiger partial charge in [-0.05, 0) is 37.5 Å². The molecule has 4 rings (SSSR count).